The zero-order valence-corrected chi connectivity index (χ0v) is 12.3. The van der Waals surface area contributed by atoms with E-state index < -0.39 is 0 Å². The number of ether oxygens (including phenoxy) is 1. The monoisotopic (exact) mass is 277 g/mol. The number of hydrogen-bond donors (Lipinski definition) is 1. The minimum absolute atomic E-state index is 0.0696. The third kappa shape index (κ3) is 3.35. The standard InChI is InChI=1S/C15H23N3O2/c1-16-14(19)9-15(12-20-2)6-4-8-18(15)11-13-5-3-7-17-10-13/h3,5,7,10H,4,6,8-9,11-12H2,1-2H3,(H,16,19). The van der Waals surface area contributed by atoms with Crippen molar-refractivity contribution in [2.45, 2.75) is 31.3 Å². The Kier molecular flexibility index (Phi) is 5.09. The van der Waals surface area contributed by atoms with Crippen LogP contribution >= 0.6 is 0 Å². The van der Waals surface area contributed by atoms with Gasteiger partial charge in [-0.25, -0.2) is 0 Å². The number of likely N-dealkylation sites (tertiary alicyclic amines) is 1. The smallest absolute Gasteiger partial charge is 0.221 e. The van der Waals surface area contributed by atoms with Crippen LogP contribution in [0.1, 0.15) is 24.8 Å². The fourth-order valence-corrected chi connectivity index (χ4v) is 3.02. The quantitative estimate of drug-likeness (QED) is 0.849. The molecule has 0 aromatic carbocycles. The van der Waals surface area contributed by atoms with Crippen molar-refractivity contribution < 1.29 is 9.53 Å². The molecule has 2 heterocycles. The maximum Gasteiger partial charge on any atom is 0.221 e. The van der Waals surface area contributed by atoms with Crippen LogP contribution in [0.5, 0.6) is 0 Å². The van der Waals surface area contributed by atoms with Gasteiger partial charge in [-0.1, -0.05) is 6.07 Å². The van der Waals surface area contributed by atoms with E-state index >= 15 is 0 Å². The SMILES string of the molecule is CNC(=O)CC1(COC)CCCN1Cc1cccnc1. The highest BCUT2D eigenvalue weighted by Crippen LogP contribution is 2.34. The lowest BCUT2D eigenvalue weighted by molar-refractivity contribution is -0.124. The Bertz CT molecular complexity index is 438. The number of methoxy groups -OCH3 is 1. The van der Waals surface area contributed by atoms with Crippen molar-refractivity contribution in [1.82, 2.24) is 15.2 Å². The van der Waals surface area contributed by atoms with Gasteiger partial charge in [0, 0.05) is 39.5 Å². The molecule has 1 aliphatic rings. The van der Waals surface area contributed by atoms with Gasteiger partial charge in [0.05, 0.1) is 12.1 Å². The van der Waals surface area contributed by atoms with E-state index in [1.165, 1.54) is 5.56 Å². The molecule has 1 aromatic rings. The number of aromatic nitrogens is 1. The fraction of sp³-hybridized carbons (Fsp3) is 0.600. The van der Waals surface area contributed by atoms with Crippen LogP contribution in [0.2, 0.25) is 0 Å². The van der Waals surface area contributed by atoms with Gasteiger partial charge in [0.25, 0.3) is 0 Å². The van der Waals surface area contributed by atoms with Gasteiger partial charge in [-0.15, -0.1) is 0 Å². The summed E-state index contributed by atoms with van der Waals surface area (Å²) < 4.78 is 5.41. The first-order chi connectivity index (χ1) is 9.70. The predicted molar refractivity (Wildman–Crippen MR) is 77.2 cm³/mol. The third-order valence-corrected chi connectivity index (χ3v) is 4.02. The van der Waals surface area contributed by atoms with E-state index in [1.807, 2.05) is 12.3 Å². The van der Waals surface area contributed by atoms with Crippen molar-refractivity contribution in [2.24, 2.45) is 0 Å². The maximum absolute atomic E-state index is 11.8. The normalized spacial score (nSPS) is 22.9. The molecule has 0 aliphatic carbocycles. The van der Waals surface area contributed by atoms with Gasteiger partial charge in [-0.05, 0) is 31.0 Å². The molecule has 1 unspecified atom stereocenters. The number of amides is 1. The van der Waals surface area contributed by atoms with Crippen LogP contribution in [-0.4, -0.2) is 48.6 Å². The minimum Gasteiger partial charge on any atom is -0.383 e. The highest BCUT2D eigenvalue weighted by Gasteiger charge is 2.42. The number of rotatable bonds is 6. The van der Waals surface area contributed by atoms with Crippen molar-refractivity contribution in [2.75, 3.05) is 27.3 Å². The van der Waals surface area contributed by atoms with Gasteiger partial charge in [0.2, 0.25) is 5.91 Å². The average Bonchev–Trinajstić information content (AvgIpc) is 2.83. The molecule has 1 aromatic heterocycles. The molecule has 0 saturated carbocycles. The van der Waals surface area contributed by atoms with E-state index in [-0.39, 0.29) is 11.4 Å². The molecule has 1 amide bonds. The molecule has 0 spiro atoms. The first kappa shape index (κ1) is 14.9. The summed E-state index contributed by atoms with van der Waals surface area (Å²) in [5, 5.41) is 2.73. The van der Waals surface area contributed by atoms with E-state index in [1.54, 1.807) is 20.4 Å². The lowest BCUT2D eigenvalue weighted by atomic mass is 9.92. The molecule has 1 fully saturated rings. The van der Waals surface area contributed by atoms with Crippen molar-refractivity contribution in [3.8, 4) is 0 Å². The Hall–Kier alpha value is -1.46. The van der Waals surface area contributed by atoms with Gasteiger partial charge in [-0.2, -0.15) is 0 Å². The zero-order chi connectivity index (χ0) is 14.4. The topological polar surface area (TPSA) is 54.5 Å². The van der Waals surface area contributed by atoms with Crippen molar-refractivity contribution in [1.29, 1.82) is 0 Å². The zero-order valence-electron chi connectivity index (χ0n) is 12.3. The molecular weight excluding hydrogens is 254 g/mol. The molecule has 0 radical (unpaired) electrons. The summed E-state index contributed by atoms with van der Waals surface area (Å²) in [5.74, 6) is 0.0696. The van der Waals surface area contributed by atoms with Crippen LogP contribution in [0.25, 0.3) is 0 Å². The molecule has 5 nitrogen and oxygen atoms in total. The van der Waals surface area contributed by atoms with E-state index in [0.717, 1.165) is 25.9 Å². The highest BCUT2D eigenvalue weighted by molar-refractivity contribution is 5.77. The molecule has 1 saturated heterocycles. The molecule has 1 N–H and O–H groups in total. The summed E-state index contributed by atoms with van der Waals surface area (Å²) in [6, 6.07) is 4.02. The van der Waals surface area contributed by atoms with E-state index in [4.69, 9.17) is 4.74 Å². The molecule has 0 bridgehead atoms. The maximum atomic E-state index is 11.8. The number of nitrogens with one attached hydrogen (secondary N) is 1. The highest BCUT2D eigenvalue weighted by atomic mass is 16.5. The van der Waals surface area contributed by atoms with Gasteiger partial charge in [0.1, 0.15) is 0 Å². The van der Waals surface area contributed by atoms with Gasteiger partial charge in [0.15, 0.2) is 0 Å². The number of hydrogen-bond acceptors (Lipinski definition) is 4. The molecule has 2 rings (SSSR count). The van der Waals surface area contributed by atoms with Crippen LogP contribution < -0.4 is 5.32 Å². The first-order valence-electron chi connectivity index (χ1n) is 7.04. The van der Waals surface area contributed by atoms with E-state index in [9.17, 15) is 4.79 Å². The average molecular weight is 277 g/mol. The third-order valence-electron chi connectivity index (χ3n) is 4.02. The van der Waals surface area contributed by atoms with Crippen LogP contribution in [0.15, 0.2) is 24.5 Å². The Labute approximate surface area is 120 Å². The number of carbonyl (C=O) groups excluding carboxylic acids is 1. The van der Waals surface area contributed by atoms with E-state index in [0.29, 0.717) is 13.0 Å². The molecule has 110 valence electrons. The van der Waals surface area contributed by atoms with Crippen LogP contribution in [0.4, 0.5) is 0 Å². The fourth-order valence-electron chi connectivity index (χ4n) is 3.02. The summed E-state index contributed by atoms with van der Waals surface area (Å²) >= 11 is 0. The summed E-state index contributed by atoms with van der Waals surface area (Å²) in [6.45, 7) is 2.39. The number of nitrogens with zero attached hydrogens (tertiary/aromatic N) is 2. The van der Waals surface area contributed by atoms with Crippen LogP contribution in [0.3, 0.4) is 0 Å². The Balaban J connectivity index is 2.14. The second-order valence-electron chi connectivity index (χ2n) is 5.39. The Morgan fingerprint density at radius 3 is 3.10 bits per heavy atom. The van der Waals surface area contributed by atoms with Gasteiger partial charge in [-0.3, -0.25) is 14.7 Å². The lowest BCUT2D eigenvalue weighted by Crippen LogP contribution is -2.49. The van der Waals surface area contributed by atoms with Gasteiger partial charge >= 0.3 is 0 Å². The van der Waals surface area contributed by atoms with Gasteiger partial charge < -0.3 is 10.1 Å². The lowest BCUT2D eigenvalue weighted by Gasteiger charge is -2.37. The van der Waals surface area contributed by atoms with Crippen LogP contribution in [-0.2, 0) is 16.1 Å². The van der Waals surface area contributed by atoms with Crippen molar-refractivity contribution >= 4 is 5.91 Å². The first-order valence-corrected chi connectivity index (χ1v) is 7.04. The van der Waals surface area contributed by atoms with E-state index in [2.05, 4.69) is 21.3 Å². The number of pyridine rings is 1. The molecule has 1 atom stereocenters. The minimum atomic E-state index is -0.190. The molecule has 20 heavy (non-hydrogen) atoms. The second-order valence-corrected chi connectivity index (χ2v) is 5.39. The Morgan fingerprint density at radius 2 is 2.45 bits per heavy atom. The molecular formula is C15H23N3O2. The second kappa shape index (κ2) is 6.81. The molecule has 1 aliphatic heterocycles. The summed E-state index contributed by atoms with van der Waals surface area (Å²) in [4.78, 5) is 18.4. The van der Waals surface area contributed by atoms with Crippen molar-refractivity contribution in [3.05, 3.63) is 30.1 Å². The Morgan fingerprint density at radius 1 is 1.60 bits per heavy atom. The summed E-state index contributed by atoms with van der Waals surface area (Å²) in [7, 11) is 3.38. The summed E-state index contributed by atoms with van der Waals surface area (Å²) in [5.41, 5.74) is 0.983. The predicted octanol–water partition coefficient (Wildman–Crippen LogP) is 1.20. The summed E-state index contributed by atoms with van der Waals surface area (Å²) in [6.07, 6.45) is 6.24. The van der Waals surface area contributed by atoms with Crippen LogP contribution in [0, 0.1) is 0 Å². The largest absolute Gasteiger partial charge is 0.383 e. The van der Waals surface area contributed by atoms with Crippen molar-refractivity contribution in [3.63, 3.8) is 0 Å². The number of carbonyl (C=O) groups is 1. The molecule has 5 heteroatoms.